The number of fused-ring (bicyclic) bond motifs is 1. The van der Waals surface area contributed by atoms with Gasteiger partial charge >= 0.3 is 0 Å². The van der Waals surface area contributed by atoms with Crippen LogP contribution < -0.4 is 0 Å². The molecule has 78 valence electrons. The van der Waals surface area contributed by atoms with E-state index in [1.807, 2.05) is 23.6 Å². The van der Waals surface area contributed by atoms with E-state index in [0.717, 1.165) is 28.2 Å². The number of nitro groups is 1. The summed E-state index contributed by atoms with van der Waals surface area (Å²) in [5.41, 5.74) is 2.63. The van der Waals surface area contributed by atoms with Gasteiger partial charge in [0, 0.05) is 17.2 Å². The van der Waals surface area contributed by atoms with Crippen LogP contribution in [-0.4, -0.2) is 14.3 Å². The summed E-state index contributed by atoms with van der Waals surface area (Å²) in [6, 6.07) is 0. The molecule has 0 aromatic carbocycles. The molecule has 0 amide bonds. The molecule has 2 aromatic heterocycles. The smallest absolute Gasteiger partial charge is 0.236 e. The fraction of sp³-hybridized carbons (Fsp3) is 0.222. The molecule has 0 aliphatic heterocycles. The molecule has 0 radical (unpaired) electrons. The Bertz CT molecular complexity index is 553. The van der Waals surface area contributed by atoms with Gasteiger partial charge in [0.1, 0.15) is 0 Å². The predicted molar refractivity (Wildman–Crippen MR) is 58.6 cm³/mol. The minimum atomic E-state index is -0.472. The SMILES string of the molecule is Cc1nc2scc(C)n2c1C=C[N+](=O)[O-]. The Morgan fingerprint density at radius 3 is 3.00 bits per heavy atom. The van der Waals surface area contributed by atoms with E-state index in [1.54, 1.807) is 0 Å². The fourth-order valence-corrected chi connectivity index (χ4v) is 2.37. The second-order valence-electron chi connectivity index (χ2n) is 3.18. The van der Waals surface area contributed by atoms with Crippen LogP contribution in [0.3, 0.4) is 0 Å². The first kappa shape index (κ1) is 9.85. The molecule has 0 bridgehead atoms. The number of hydrogen-bond acceptors (Lipinski definition) is 4. The molecule has 2 rings (SSSR count). The lowest BCUT2D eigenvalue weighted by Crippen LogP contribution is -1.90. The Hall–Kier alpha value is -1.69. The van der Waals surface area contributed by atoms with E-state index in [-0.39, 0.29) is 0 Å². The number of aryl methyl sites for hydroxylation is 2. The van der Waals surface area contributed by atoms with Gasteiger partial charge in [-0.25, -0.2) is 4.98 Å². The molecule has 0 aliphatic carbocycles. The zero-order valence-corrected chi connectivity index (χ0v) is 9.11. The quantitative estimate of drug-likeness (QED) is 0.579. The topological polar surface area (TPSA) is 60.4 Å². The van der Waals surface area contributed by atoms with Crippen LogP contribution in [0.15, 0.2) is 11.6 Å². The van der Waals surface area contributed by atoms with Gasteiger partial charge in [-0.2, -0.15) is 0 Å². The Morgan fingerprint density at radius 2 is 2.33 bits per heavy atom. The second-order valence-corrected chi connectivity index (χ2v) is 4.02. The number of nitrogens with zero attached hydrogens (tertiary/aromatic N) is 3. The molecule has 0 aliphatic rings. The number of thiazole rings is 1. The van der Waals surface area contributed by atoms with Crippen molar-refractivity contribution in [3.63, 3.8) is 0 Å². The van der Waals surface area contributed by atoms with Crippen LogP contribution in [0.1, 0.15) is 17.1 Å². The molecular formula is C9H9N3O2S. The van der Waals surface area contributed by atoms with Gasteiger partial charge < -0.3 is 0 Å². The van der Waals surface area contributed by atoms with E-state index in [4.69, 9.17) is 0 Å². The van der Waals surface area contributed by atoms with E-state index >= 15 is 0 Å². The van der Waals surface area contributed by atoms with Gasteiger partial charge in [0.25, 0.3) is 0 Å². The monoisotopic (exact) mass is 223 g/mol. The number of imidazole rings is 1. The highest BCUT2D eigenvalue weighted by Gasteiger charge is 2.10. The van der Waals surface area contributed by atoms with Gasteiger partial charge in [0.2, 0.25) is 6.20 Å². The van der Waals surface area contributed by atoms with Crippen LogP contribution in [-0.2, 0) is 0 Å². The average Bonchev–Trinajstić information content (AvgIpc) is 2.64. The molecule has 0 unspecified atom stereocenters. The van der Waals surface area contributed by atoms with Gasteiger partial charge in [0.15, 0.2) is 4.96 Å². The van der Waals surface area contributed by atoms with Gasteiger partial charge in [-0.05, 0) is 13.8 Å². The third-order valence-corrected chi connectivity index (χ3v) is 3.05. The lowest BCUT2D eigenvalue weighted by atomic mass is 10.3. The van der Waals surface area contributed by atoms with Crippen molar-refractivity contribution in [3.8, 4) is 0 Å². The molecule has 0 spiro atoms. The molecule has 6 heteroatoms. The van der Waals surface area contributed by atoms with Gasteiger partial charge in [-0.15, -0.1) is 11.3 Å². The summed E-state index contributed by atoms with van der Waals surface area (Å²) in [4.78, 5) is 15.0. The summed E-state index contributed by atoms with van der Waals surface area (Å²) in [6.45, 7) is 3.80. The summed E-state index contributed by atoms with van der Waals surface area (Å²) in [6.07, 6.45) is 2.42. The lowest BCUT2D eigenvalue weighted by Gasteiger charge is -1.93. The summed E-state index contributed by atoms with van der Waals surface area (Å²) in [7, 11) is 0. The van der Waals surface area contributed by atoms with E-state index in [0.29, 0.717) is 0 Å². The van der Waals surface area contributed by atoms with Crippen molar-refractivity contribution in [1.29, 1.82) is 0 Å². The average molecular weight is 223 g/mol. The molecule has 2 aromatic rings. The van der Waals surface area contributed by atoms with Crippen LogP contribution in [0.4, 0.5) is 0 Å². The van der Waals surface area contributed by atoms with Crippen molar-refractivity contribution in [2.45, 2.75) is 13.8 Å². The molecule has 0 N–H and O–H groups in total. The van der Waals surface area contributed by atoms with E-state index in [2.05, 4.69) is 4.98 Å². The largest absolute Gasteiger partial charge is 0.288 e. The number of rotatable bonds is 2. The molecule has 15 heavy (non-hydrogen) atoms. The first-order valence-corrected chi connectivity index (χ1v) is 5.22. The van der Waals surface area contributed by atoms with Crippen molar-refractivity contribution in [1.82, 2.24) is 9.38 Å². The molecule has 0 saturated heterocycles. The third kappa shape index (κ3) is 1.63. The Balaban J connectivity index is 2.62. The van der Waals surface area contributed by atoms with Crippen LogP contribution in [0.25, 0.3) is 11.0 Å². The van der Waals surface area contributed by atoms with Crippen LogP contribution in [0.5, 0.6) is 0 Å². The van der Waals surface area contributed by atoms with Crippen molar-refractivity contribution < 1.29 is 4.92 Å². The molecule has 0 fully saturated rings. The zero-order valence-electron chi connectivity index (χ0n) is 8.30. The first-order valence-electron chi connectivity index (χ1n) is 4.34. The van der Waals surface area contributed by atoms with Gasteiger partial charge in [-0.3, -0.25) is 14.5 Å². The molecule has 0 atom stereocenters. The van der Waals surface area contributed by atoms with Crippen molar-refractivity contribution in [2.75, 3.05) is 0 Å². The fourth-order valence-electron chi connectivity index (χ4n) is 1.45. The maximum Gasteiger partial charge on any atom is 0.236 e. The standard InChI is InChI=1S/C9H9N3O2S/c1-6-5-15-9-10-7(2)8(12(6)9)3-4-11(13)14/h3-5H,1-2H3. The van der Waals surface area contributed by atoms with E-state index < -0.39 is 4.92 Å². The Labute approximate surface area is 89.8 Å². The molecular weight excluding hydrogens is 214 g/mol. The van der Waals surface area contributed by atoms with Crippen molar-refractivity contribution in [3.05, 3.63) is 38.8 Å². The Morgan fingerprint density at radius 1 is 1.60 bits per heavy atom. The summed E-state index contributed by atoms with van der Waals surface area (Å²) in [5.74, 6) is 0. The predicted octanol–water partition coefficient (Wildman–Crippen LogP) is 2.26. The van der Waals surface area contributed by atoms with Crippen LogP contribution in [0, 0.1) is 24.0 Å². The maximum absolute atomic E-state index is 10.3. The normalized spacial score (nSPS) is 11.6. The minimum Gasteiger partial charge on any atom is -0.288 e. The molecule has 0 saturated carbocycles. The summed E-state index contributed by atoms with van der Waals surface area (Å²) in [5, 5.41) is 12.2. The molecule has 5 nitrogen and oxygen atoms in total. The van der Waals surface area contributed by atoms with E-state index in [9.17, 15) is 10.1 Å². The zero-order chi connectivity index (χ0) is 11.0. The summed E-state index contributed by atoms with van der Waals surface area (Å²) < 4.78 is 1.92. The van der Waals surface area contributed by atoms with Crippen molar-refractivity contribution in [2.24, 2.45) is 0 Å². The summed E-state index contributed by atoms with van der Waals surface area (Å²) >= 11 is 1.53. The minimum absolute atomic E-state index is 0.472. The van der Waals surface area contributed by atoms with Gasteiger partial charge in [0.05, 0.1) is 16.3 Å². The first-order chi connectivity index (χ1) is 7.09. The lowest BCUT2D eigenvalue weighted by molar-refractivity contribution is -0.401. The highest BCUT2D eigenvalue weighted by Crippen LogP contribution is 2.21. The van der Waals surface area contributed by atoms with Gasteiger partial charge in [-0.1, -0.05) is 0 Å². The number of hydrogen-bond donors (Lipinski definition) is 0. The Kier molecular flexibility index (Phi) is 2.28. The number of aromatic nitrogens is 2. The van der Waals surface area contributed by atoms with Crippen LogP contribution >= 0.6 is 11.3 Å². The third-order valence-electron chi connectivity index (χ3n) is 2.11. The van der Waals surface area contributed by atoms with Crippen molar-refractivity contribution >= 4 is 22.4 Å². The second kappa shape index (κ2) is 3.47. The highest BCUT2D eigenvalue weighted by molar-refractivity contribution is 7.15. The maximum atomic E-state index is 10.3. The highest BCUT2D eigenvalue weighted by atomic mass is 32.1. The van der Waals surface area contributed by atoms with Crippen LogP contribution in [0.2, 0.25) is 0 Å². The van der Waals surface area contributed by atoms with E-state index in [1.165, 1.54) is 17.4 Å². The molecule has 2 heterocycles.